The van der Waals surface area contributed by atoms with Gasteiger partial charge in [-0.3, -0.25) is 9.89 Å². The van der Waals surface area contributed by atoms with Gasteiger partial charge in [-0.25, -0.2) is 12.7 Å². The molecule has 1 amide bonds. The van der Waals surface area contributed by atoms with Gasteiger partial charge in [0, 0.05) is 31.7 Å². The minimum absolute atomic E-state index is 0.198. The second-order valence-corrected chi connectivity index (χ2v) is 7.85. The van der Waals surface area contributed by atoms with Crippen LogP contribution in [0.25, 0.3) is 0 Å². The van der Waals surface area contributed by atoms with Crippen LogP contribution in [0, 0.1) is 0 Å². The zero-order chi connectivity index (χ0) is 17.0. The van der Waals surface area contributed by atoms with Gasteiger partial charge in [0.15, 0.2) is 0 Å². The van der Waals surface area contributed by atoms with E-state index in [1.54, 1.807) is 6.07 Å². The van der Waals surface area contributed by atoms with E-state index in [-0.39, 0.29) is 18.2 Å². The van der Waals surface area contributed by atoms with Crippen LogP contribution in [0.3, 0.4) is 0 Å². The van der Waals surface area contributed by atoms with Crippen LogP contribution in [-0.4, -0.2) is 54.2 Å². The molecule has 8 heteroatoms. The van der Waals surface area contributed by atoms with Gasteiger partial charge in [0.05, 0.1) is 5.75 Å². The van der Waals surface area contributed by atoms with Gasteiger partial charge in [-0.1, -0.05) is 30.3 Å². The molecule has 2 heterocycles. The average molecular weight is 348 g/mol. The molecule has 1 aliphatic heterocycles. The van der Waals surface area contributed by atoms with Crippen LogP contribution in [0.4, 0.5) is 0 Å². The van der Waals surface area contributed by atoms with Crippen LogP contribution in [0.2, 0.25) is 0 Å². The molecule has 24 heavy (non-hydrogen) atoms. The fourth-order valence-electron chi connectivity index (χ4n) is 2.71. The Hall–Kier alpha value is -2.19. The molecule has 1 aromatic carbocycles. The highest BCUT2D eigenvalue weighted by Gasteiger charge is 2.27. The Labute approximate surface area is 141 Å². The first-order valence-electron chi connectivity index (χ1n) is 7.89. The van der Waals surface area contributed by atoms with Crippen molar-refractivity contribution in [1.29, 1.82) is 0 Å². The van der Waals surface area contributed by atoms with Crippen molar-refractivity contribution in [3.8, 4) is 0 Å². The van der Waals surface area contributed by atoms with Crippen LogP contribution < -0.4 is 5.32 Å². The number of hydrogen-bond acceptors (Lipinski definition) is 4. The van der Waals surface area contributed by atoms with E-state index in [0.717, 1.165) is 11.3 Å². The topological polar surface area (TPSA) is 95.2 Å². The first kappa shape index (κ1) is 16.7. The van der Waals surface area contributed by atoms with E-state index in [1.165, 1.54) is 4.31 Å². The van der Waals surface area contributed by atoms with Gasteiger partial charge < -0.3 is 5.32 Å². The molecule has 128 valence electrons. The number of carbonyl (C=O) groups excluding carboxylic acids is 1. The Morgan fingerprint density at radius 2 is 2.08 bits per heavy atom. The van der Waals surface area contributed by atoms with Gasteiger partial charge >= 0.3 is 0 Å². The summed E-state index contributed by atoms with van der Waals surface area (Å²) in [6.07, 6.45) is 1.33. The van der Waals surface area contributed by atoms with E-state index in [0.29, 0.717) is 31.6 Å². The lowest BCUT2D eigenvalue weighted by atomic mass is 10.1. The first-order chi connectivity index (χ1) is 11.5. The number of hydrogen-bond donors (Lipinski definition) is 2. The molecular weight excluding hydrogens is 328 g/mol. The van der Waals surface area contributed by atoms with Crippen LogP contribution in [-0.2, 0) is 16.4 Å². The molecule has 1 saturated heterocycles. The summed E-state index contributed by atoms with van der Waals surface area (Å²) in [4.78, 5) is 12.1. The van der Waals surface area contributed by atoms with Crippen LogP contribution in [0.1, 0.15) is 28.2 Å². The molecule has 0 saturated carbocycles. The molecule has 3 rings (SSSR count). The lowest BCUT2D eigenvalue weighted by molar-refractivity contribution is 0.0947. The largest absolute Gasteiger partial charge is 0.349 e. The van der Waals surface area contributed by atoms with Crippen molar-refractivity contribution in [2.75, 3.05) is 25.4 Å². The van der Waals surface area contributed by atoms with Crippen LogP contribution >= 0.6 is 0 Å². The van der Waals surface area contributed by atoms with Gasteiger partial charge in [-0.05, 0) is 18.1 Å². The van der Waals surface area contributed by atoms with Gasteiger partial charge in [0.2, 0.25) is 10.0 Å². The van der Waals surface area contributed by atoms with Crippen molar-refractivity contribution in [1.82, 2.24) is 19.8 Å². The minimum atomic E-state index is -3.12. The van der Waals surface area contributed by atoms with Crippen molar-refractivity contribution in [2.24, 2.45) is 0 Å². The smallest absolute Gasteiger partial charge is 0.271 e. The summed E-state index contributed by atoms with van der Waals surface area (Å²) in [6.45, 7) is 1.11. The molecule has 0 radical (unpaired) electrons. The number of aromatic nitrogens is 2. The number of amides is 1. The number of nitrogens with zero attached hydrogens (tertiary/aromatic N) is 2. The predicted octanol–water partition coefficient (Wildman–Crippen LogP) is 0.766. The maximum absolute atomic E-state index is 12.1. The quantitative estimate of drug-likeness (QED) is 0.806. The number of rotatable bonds is 6. The monoisotopic (exact) mass is 348 g/mol. The van der Waals surface area contributed by atoms with Gasteiger partial charge in [-0.15, -0.1) is 0 Å². The van der Waals surface area contributed by atoms with E-state index >= 15 is 0 Å². The summed E-state index contributed by atoms with van der Waals surface area (Å²) in [5, 5.41) is 9.60. The molecule has 7 nitrogen and oxygen atoms in total. The highest BCUT2D eigenvalue weighted by atomic mass is 32.2. The van der Waals surface area contributed by atoms with E-state index in [4.69, 9.17) is 0 Å². The molecule has 0 atom stereocenters. The van der Waals surface area contributed by atoms with Crippen molar-refractivity contribution < 1.29 is 13.2 Å². The Bertz CT molecular complexity index is 802. The molecule has 0 bridgehead atoms. The number of carbonyl (C=O) groups is 1. The van der Waals surface area contributed by atoms with Crippen LogP contribution in [0.5, 0.6) is 0 Å². The van der Waals surface area contributed by atoms with Crippen molar-refractivity contribution in [2.45, 2.75) is 12.8 Å². The van der Waals surface area contributed by atoms with Gasteiger partial charge in [0.1, 0.15) is 5.69 Å². The molecule has 1 aromatic heterocycles. The highest BCUT2D eigenvalue weighted by Crippen LogP contribution is 2.12. The fraction of sp³-hybridized carbons (Fsp3) is 0.375. The Kier molecular flexibility index (Phi) is 4.96. The highest BCUT2D eigenvalue weighted by molar-refractivity contribution is 7.89. The molecule has 2 aromatic rings. The summed E-state index contributed by atoms with van der Waals surface area (Å²) in [5.41, 5.74) is 2.30. The standard InChI is InChI=1S/C16H20N4O3S/c21-16(17-7-9-20-8-4-10-24(20,22)23)15-12-14(18-19-15)11-13-5-2-1-3-6-13/h1-3,5-6,12H,4,7-11H2,(H,17,21)(H,18,19). The first-order valence-corrected chi connectivity index (χ1v) is 9.50. The molecule has 0 spiro atoms. The number of nitrogens with one attached hydrogen (secondary N) is 2. The molecular formula is C16H20N4O3S. The van der Waals surface area contributed by atoms with E-state index in [2.05, 4.69) is 15.5 Å². The molecule has 0 unspecified atom stereocenters. The predicted molar refractivity (Wildman–Crippen MR) is 90.1 cm³/mol. The van der Waals surface area contributed by atoms with Crippen molar-refractivity contribution in [3.05, 3.63) is 53.3 Å². The third-order valence-electron chi connectivity index (χ3n) is 3.95. The lowest BCUT2D eigenvalue weighted by Crippen LogP contribution is -2.36. The number of aromatic amines is 1. The molecule has 2 N–H and O–H groups in total. The fourth-order valence-corrected chi connectivity index (χ4v) is 4.24. The number of benzene rings is 1. The van der Waals surface area contributed by atoms with E-state index < -0.39 is 10.0 Å². The normalized spacial score (nSPS) is 17.0. The maximum atomic E-state index is 12.1. The zero-order valence-electron chi connectivity index (χ0n) is 13.2. The Morgan fingerprint density at radius 3 is 2.79 bits per heavy atom. The summed E-state index contributed by atoms with van der Waals surface area (Å²) in [7, 11) is -3.12. The molecule has 1 aliphatic rings. The summed E-state index contributed by atoms with van der Waals surface area (Å²) >= 11 is 0. The van der Waals surface area contributed by atoms with E-state index in [9.17, 15) is 13.2 Å². The van der Waals surface area contributed by atoms with E-state index in [1.807, 2.05) is 30.3 Å². The third-order valence-corrected chi connectivity index (χ3v) is 5.91. The number of sulfonamides is 1. The van der Waals surface area contributed by atoms with Crippen molar-refractivity contribution >= 4 is 15.9 Å². The Morgan fingerprint density at radius 1 is 1.29 bits per heavy atom. The minimum Gasteiger partial charge on any atom is -0.349 e. The van der Waals surface area contributed by atoms with Crippen LogP contribution in [0.15, 0.2) is 36.4 Å². The van der Waals surface area contributed by atoms with Crippen molar-refractivity contribution in [3.63, 3.8) is 0 Å². The second-order valence-electron chi connectivity index (χ2n) is 5.77. The molecule has 0 aliphatic carbocycles. The molecule has 1 fully saturated rings. The third kappa shape index (κ3) is 4.01. The Balaban J connectivity index is 1.51. The summed E-state index contributed by atoms with van der Waals surface area (Å²) < 4.78 is 24.8. The zero-order valence-corrected chi connectivity index (χ0v) is 14.1. The second kappa shape index (κ2) is 7.14. The average Bonchev–Trinajstić information content (AvgIpc) is 3.15. The lowest BCUT2D eigenvalue weighted by Gasteiger charge is -2.13. The van der Waals surface area contributed by atoms with Gasteiger partial charge in [-0.2, -0.15) is 5.10 Å². The summed E-state index contributed by atoms with van der Waals surface area (Å²) in [5.74, 6) is -0.106. The van der Waals surface area contributed by atoms with Gasteiger partial charge in [0.25, 0.3) is 5.91 Å². The maximum Gasteiger partial charge on any atom is 0.271 e. The summed E-state index contributed by atoms with van der Waals surface area (Å²) in [6, 6.07) is 11.6. The number of H-pyrrole nitrogens is 1. The SMILES string of the molecule is O=C(NCCN1CCCS1(=O)=O)c1cc(Cc2ccccc2)[nH]n1.